The molecule has 0 saturated carbocycles. The summed E-state index contributed by atoms with van der Waals surface area (Å²) in [5, 5.41) is 9.47. The number of hydrogen-bond acceptors (Lipinski definition) is 3. The van der Waals surface area contributed by atoms with E-state index in [-0.39, 0.29) is 6.10 Å². The van der Waals surface area contributed by atoms with E-state index in [1.165, 1.54) is 23.9 Å². The molecule has 2 atom stereocenters. The third-order valence-corrected chi connectivity index (χ3v) is 4.32. The molecule has 100 valence electrons. The first-order valence-electron chi connectivity index (χ1n) is 7.21. The van der Waals surface area contributed by atoms with Crippen molar-refractivity contribution in [3.05, 3.63) is 30.0 Å². The van der Waals surface area contributed by atoms with Crippen LogP contribution in [0.15, 0.2) is 24.3 Å². The van der Waals surface area contributed by atoms with E-state index in [0.29, 0.717) is 5.92 Å². The van der Waals surface area contributed by atoms with Gasteiger partial charge in [0.1, 0.15) is 6.10 Å². The van der Waals surface area contributed by atoms with Crippen molar-refractivity contribution in [2.75, 3.05) is 19.7 Å². The lowest BCUT2D eigenvalue weighted by atomic mass is 9.90. The van der Waals surface area contributed by atoms with Crippen LogP contribution in [0.1, 0.15) is 24.6 Å². The van der Waals surface area contributed by atoms with E-state index >= 15 is 0 Å². The third kappa shape index (κ3) is 1.86. The number of nitrogens with one attached hydrogen (secondary N) is 1. The van der Waals surface area contributed by atoms with Crippen LogP contribution in [0, 0.1) is 5.92 Å². The SMILES string of the molecule is c1ccc2c3n(nc2c1)CCOC3C1CCCNC1. The molecule has 1 N–H and O–H groups in total. The van der Waals surface area contributed by atoms with Gasteiger partial charge in [0.25, 0.3) is 0 Å². The molecule has 4 rings (SSSR count). The van der Waals surface area contributed by atoms with Gasteiger partial charge in [-0.05, 0) is 25.5 Å². The number of benzene rings is 1. The molecular weight excluding hydrogens is 238 g/mol. The van der Waals surface area contributed by atoms with Gasteiger partial charge in [0, 0.05) is 17.8 Å². The minimum absolute atomic E-state index is 0.203. The van der Waals surface area contributed by atoms with Crippen LogP contribution in [0.4, 0.5) is 0 Å². The summed E-state index contributed by atoms with van der Waals surface area (Å²) < 4.78 is 8.27. The molecule has 2 unspecified atom stereocenters. The Bertz CT molecular complexity index is 586. The molecule has 4 nitrogen and oxygen atoms in total. The van der Waals surface area contributed by atoms with Crippen LogP contribution in [0.5, 0.6) is 0 Å². The molecule has 3 heterocycles. The van der Waals surface area contributed by atoms with E-state index in [9.17, 15) is 0 Å². The Labute approximate surface area is 112 Å². The second kappa shape index (κ2) is 4.62. The Morgan fingerprint density at radius 3 is 3.16 bits per heavy atom. The first-order chi connectivity index (χ1) is 9.43. The Hall–Kier alpha value is -1.39. The van der Waals surface area contributed by atoms with Crippen molar-refractivity contribution in [3.8, 4) is 0 Å². The van der Waals surface area contributed by atoms with Gasteiger partial charge in [0.05, 0.1) is 24.4 Å². The molecule has 19 heavy (non-hydrogen) atoms. The lowest BCUT2D eigenvalue weighted by Gasteiger charge is -2.34. The van der Waals surface area contributed by atoms with E-state index in [1.807, 2.05) is 0 Å². The molecule has 2 aromatic rings. The van der Waals surface area contributed by atoms with Gasteiger partial charge in [-0.1, -0.05) is 18.2 Å². The highest BCUT2D eigenvalue weighted by Gasteiger charge is 2.32. The molecule has 1 aromatic carbocycles. The summed E-state index contributed by atoms with van der Waals surface area (Å²) in [6.07, 6.45) is 2.70. The molecule has 1 aromatic heterocycles. The Balaban J connectivity index is 1.80. The predicted octanol–water partition coefficient (Wildman–Crippen LogP) is 2.11. The van der Waals surface area contributed by atoms with Crippen LogP contribution in [0.2, 0.25) is 0 Å². The molecule has 2 aliphatic heterocycles. The molecular formula is C15H19N3O. The van der Waals surface area contributed by atoms with Gasteiger partial charge in [-0.2, -0.15) is 5.10 Å². The highest BCUT2D eigenvalue weighted by Crippen LogP contribution is 2.36. The number of rotatable bonds is 1. The topological polar surface area (TPSA) is 39.1 Å². The van der Waals surface area contributed by atoms with Crippen molar-refractivity contribution in [1.29, 1.82) is 0 Å². The molecule has 0 radical (unpaired) electrons. The van der Waals surface area contributed by atoms with Crippen LogP contribution < -0.4 is 5.32 Å². The van der Waals surface area contributed by atoms with E-state index < -0.39 is 0 Å². The average molecular weight is 257 g/mol. The van der Waals surface area contributed by atoms with Crippen molar-refractivity contribution in [1.82, 2.24) is 15.1 Å². The molecule has 2 aliphatic rings. The summed E-state index contributed by atoms with van der Waals surface area (Å²) in [4.78, 5) is 0. The second-order valence-corrected chi connectivity index (χ2v) is 5.52. The van der Waals surface area contributed by atoms with Gasteiger partial charge >= 0.3 is 0 Å². The van der Waals surface area contributed by atoms with E-state index in [0.717, 1.165) is 31.8 Å². The molecule has 4 heteroatoms. The number of aromatic nitrogens is 2. The average Bonchev–Trinajstić information content (AvgIpc) is 2.86. The fraction of sp³-hybridized carbons (Fsp3) is 0.533. The number of ether oxygens (including phenoxy) is 1. The quantitative estimate of drug-likeness (QED) is 0.850. The summed E-state index contributed by atoms with van der Waals surface area (Å²) in [6.45, 7) is 3.86. The van der Waals surface area contributed by atoms with Gasteiger partial charge < -0.3 is 10.1 Å². The van der Waals surface area contributed by atoms with Crippen LogP contribution in [0.25, 0.3) is 10.9 Å². The number of piperidine rings is 1. The van der Waals surface area contributed by atoms with E-state index in [1.54, 1.807) is 0 Å². The summed E-state index contributed by atoms with van der Waals surface area (Å²) in [5.41, 5.74) is 2.38. The number of nitrogens with zero attached hydrogens (tertiary/aromatic N) is 2. The van der Waals surface area contributed by atoms with Crippen molar-refractivity contribution in [2.24, 2.45) is 5.92 Å². The van der Waals surface area contributed by atoms with Crippen LogP contribution in [0.3, 0.4) is 0 Å². The molecule has 0 amide bonds. The summed E-state index contributed by atoms with van der Waals surface area (Å²) in [7, 11) is 0. The Morgan fingerprint density at radius 2 is 2.26 bits per heavy atom. The zero-order chi connectivity index (χ0) is 12.7. The Kier molecular flexibility index (Phi) is 2.78. The molecule has 1 fully saturated rings. The lowest BCUT2D eigenvalue weighted by molar-refractivity contribution is -0.0257. The Morgan fingerprint density at radius 1 is 1.32 bits per heavy atom. The van der Waals surface area contributed by atoms with Gasteiger partial charge in [0.2, 0.25) is 0 Å². The predicted molar refractivity (Wildman–Crippen MR) is 74.0 cm³/mol. The van der Waals surface area contributed by atoms with Gasteiger partial charge in [0.15, 0.2) is 0 Å². The molecule has 0 aliphatic carbocycles. The van der Waals surface area contributed by atoms with Gasteiger partial charge in [-0.15, -0.1) is 0 Å². The minimum atomic E-state index is 0.203. The monoisotopic (exact) mass is 257 g/mol. The van der Waals surface area contributed by atoms with Crippen LogP contribution in [-0.2, 0) is 11.3 Å². The maximum Gasteiger partial charge on any atom is 0.104 e. The molecule has 1 saturated heterocycles. The molecule has 0 spiro atoms. The third-order valence-electron chi connectivity index (χ3n) is 4.32. The summed E-state index contributed by atoms with van der Waals surface area (Å²) in [6, 6.07) is 8.41. The van der Waals surface area contributed by atoms with Crippen LogP contribution in [-0.4, -0.2) is 29.5 Å². The zero-order valence-electron chi connectivity index (χ0n) is 11.0. The normalized spacial score (nSPS) is 27.4. The smallest absolute Gasteiger partial charge is 0.104 e. The number of fused-ring (bicyclic) bond motifs is 3. The van der Waals surface area contributed by atoms with Crippen molar-refractivity contribution in [3.63, 3.8) is 0 Å². The maximum absolute atomic E-state index is 6.11. The fourth-order valence-corrected chi connectivity index (χ4v) is 3.41. The van der Waals surface area contributed by atoms with E-state index in [4.69, 9.17) is 9.84 Å². The number of hydrogen-bond donors (Lipinski definition) is 1. The standard InChI is InChI=1S/C15H19N3O/c1-2-6-13-12(5-1)14-15(11-4-3-7-16-10-11)19-9-8-18(14)17-13/h1-2,5-6,11,15-16H,3-4,7-10H2. The van der Waals surface area contributed by atoms with Crippen molar-refractivity contribution < 1.29 is 4.74 Å². The van der Waals surface area contributed by atoms with E-state index in [2.05, 4.69) is 34.3 Å². The van der Waals surface area contributed by atoms with Gasteiger partial charge in [-0.3, -0.25) is 4.68 Å². The first kappa shape index (κ1) is 11.4. The minimum Gasteiger partial charge on any atom is -0.370 e. The highest BCUT2D eigenvalue weighted by atomic mass is 16.5. The fourth-order valence-electron chi connectivity index (χ4n) is 3.41. The first-order valence-corrected chi connectivity index (χ1v) is 7.21. The summed E-state index contributed by atoms with van der Waals surface area (Å²) in [5.74, 6) is 0.577. The second-order valence-electron chi connectivity index (χ2n) is 5.52. The van der Waals surface area contributed by atoms with Crippen LogP contribution >= 0.6 is 0 Å². The largest absolute Gasteiger partial charge is 0.370 e. The van der Waals surface area contributed by atoms with Gasteiger partial charge in [-0.25, -0.2) is 0 Å². The maximum atomic E-state index is 6.11. The molecule has 0 bridgehead atoms. The van der Waals surface area contributed by atoms with Crippen molar-refractivity contribution in [2.45, 2.75) is 25.5 Å². The lowest BCUT2D eigenvalue weighted by Crippen LogP contribution is -2.37. The highest BCUT2D eigenvalue weighted by molar-refractivity contribution is 5.82. The zero-order valence-corrected chi connectivity index (χ0v) is 11.0. The summed E-state index contributed by atoms with van der Waals surface area (Å²) >= 11 is 0. The van der Waals surface area contributed by atoms with Crippen molar-refractivity contribution >= 4 is 10.9 Å².